The molecule has 0 amide bonds. The van der Waals surface area contributed by atoms with Crippen molar-refractivity contribution in [3.8, 4) is 0 Å². The van der Waals surface area contributed by atoms with E-state index in [1.165, 1.54) is 39.1 Å². The van der Waals surface area contributed by atoms with Crippen molar-refractivity contribution in [1.82, 2.24) is 15.1 Å². The number of nitrogens with one attached hydrogen (secondary N) is 1. The zero-order chi connectivity index (χ0) is 13.5. The molecule has 0 radical (unpaired) electrons. The molecular weight excluding hydrogens is 238 g/mol. The Kier molecular flexibility index (Phi) is 5.89. The molecule has 0 aromatic carbocycles. The van der Waals surface area contributed by atoms with Crippen LogP contribution in [-0.2, 0) is 6.42 Å². The van der Waals surface area contributed by atoms with Crippen molar-refractivity contribution in [2.75, 3.05) is 46.3 Å². The Morgan fingerprint density at radius 2 is 2.11 bits per heavy atom. The van der Waals surface area contributed by atoms with Crippen molar-refractivity contribution in [2.45, 2.75) is 25.8 Å². The summed E-state index contributed by atoms with van der Waals surface area (Å²) in [6.45, 7) is 9.39. The Balaban J connectivity index is 1.52. The van der Waals surface area contributed by atoms with Gasteiger partial charge in [-0.2, -0.15) is 0 Å². The first kappa shape index (κ1) is 14.6. The molecular formula is C15H27N3O. The van der Waals surface area contributed by atoms with Gasteiger partial charge in [-0.1, -0.05) is 0 Å². The SMILES string of the molecule is CC(Cc1ccco1)NCCCN1CCN(C)CC1. The van der Waals surface area contributed by atoms with E-state index in [1.807, 2.05) is 12.1 Å². The van der Waals surface area contributed by atoms with E-state index in [1.54, 1.807) is 6.26 Å². The highest BCUT2D eigenvalue weighted by molar-refractivity contribution is 4.99. The summed E-state index contributed by atoms with van der Waals surface area (Å²) >= 11 is 0. The molecule has 1 saturated heterocycles. The number of likely N-dealkylation sites (N-methyl/N-ethyl adjacent to an activating group) is 1. The van der Waals surface area contributed by atoms with E-state index in [4.69, 9.17) is 4.42 Å². The molecule has 0 saturated carbocycles. The van der Waals surface area contributed by atoms with Crippen LogP contribution >= 0.6 is 0 Å². The number of piperazine rings is 1. The predicted octanol–water partition coefficient (Wildman–Crippen LogP) is 1.44. The van der Waals surface area contributed by atoms with Crippen molar-refractivity contribution >= 4 is 0 Å². The largest absolute Gasteiger partial charge is 0.469 e. The van der Waals surface area contributed by atoms with E-state index in [-0.39, 0.29) is 0 Å². The molecule has 1 aromatic rings. The maximum absolute atomic E-state index is 5.36. The summed E-state index contributed by atoms with van der Waals surface area (Å²) in [5.41, 5.74) is 0. The number of rotatable bonds is 7. The lowest BCUT2D eigenvalue weighted by molar-refractivity contribution is 0.152. The fourth-order valence-electron chi connectivity index (χ4n) is 2.53. The summed E-state index contributed by atoms with van der Waals surface area (Å²) < 4.78 is 5.36. The second kappa shape index (κ2) is 7.68. The molecule has 1 fully saturated rings. The van der Waals surface area contributed by atoms with Gasteiger partial charge in [-0.3, -0.25) is 0 Å². The van der Waals surface area contributed by atoms with Crippen LogP contribution in [0.5, 0.6) is 0 Å². The van der Waals surface area contributed by atoms with Crippen LogP contribution in [0.3, 0.4) is 0 Å². The minimum Gasteiger partial charge on any atom is -0.469 e. The summed E-state index contributed by atoms with van der Waals surface area (Å²) in [7, 11) is 2.20. The number of hydrogen-bond acceptors (Lipinski definition) is 4. The topological polar surface area (TPSA) is 31.7 Å². The second-order valence-electron chi connectivity index (χ2n) is 5.64. The van der Waals surface area contributed by atoms with Crippen LogP contribution in [0.25, 0.3) is 0 Å². The first-order valence-electron chi connectivity index (χ1n) is 7.40. The Morgan fingerprint density at radius 1 is 1.32 bits per heavy atom. The minimum atomic E-state index is 0.485. The summed E-state index contributed by atoms with van der Waals surface area (Å²) in [5.74, 6) is 1.07. The Morgan fingerprint density at radius 3 is 2.79 bits per heavy atom. The van der Waals surface area contributed by atoms with Gasteiger partial charge in [-0.25, -0.2) is 0 Å². The van der Waals surface area contributed by atoms with Gasteiger partial charge < -0.3 is 19.5 Å². The second-order valence-corrected chi connectivity index (χ2v) is 5.64. The highest BCUT2D eigenvalue weighted by atomic mass is 16.3. The van der Waals surface area contributed by atoms with Crippen LogP contribution in [0.1, 0.15) is 19.1 Å². The van der Waals surface area contributed by atoms with Gasteiger partial charge in [-0.05, 0) is 45.6 Å². The third kappa shape index (κ3) is 5.35. The fourth-order valence-corrected chi connectivity index (χ4v) is 2.53. The summed E-state index contributed by atoms with van der Waals surface area (Å²) in [5, 5.41) is 3.57. The van der Waals surface area contributed by atoms with Gasteiger partial charge in [0.15, 0.2) is 0 Å². The first-order valence-corrected chi connectivity index (χ1v) is 7.40. The van der Waals surface area contributed by atoms with Crippen LogP contribution in [0.4, 0.5) is 0 Å². The van der Waals surface area contributed by atoms with Crippen molar-refractivity contribution in [3.05, 3.63) is 24.2 Å². The van der Waals surface area contributed by atoms with E-state index in [9.17, 15) is 0 Å². The number of hydrogen-bond donors (Lipinski definition) is 1. The van der Waals surface area contributed by atoms with Gasteiger partial charge in [0.1, 0.15) is 5.76 Å². The molecule has 1 atom stereocenters. The molecule has 0 aliphatic carbocycles. The molecule has 2 rings (SSSR count). The Hall–Kier alpha value is -0.840. The van der Waals surface area contributed by atoms with Gasteiger partial charge in [0, 0.05) is 38.6 Å². The fraction of sp³-hybridized carbons (Fsp3) is 0.733. The lowest BCUT2D eigenvalue weighted by Crippen LogP contribution is -2.45. The quantitative estimate of drug-likeness (QED) is 0.756. The number of nitrogens with zero attached hydrogens (tertiary/aromatic N) is 2. The summed E-state index contributed by atoms with van der Waals surface area (Å²) in [6, 6.07) is 4.48. The molecule has 1 aliphatic heterocycles. The van der Waals surface area contributed by atoms with E-state index >= 15 is 0 Å². The van der Waals surface area contributed by atoms with E-state index in [0.29, 0.717) is 6.04 Å². The summed E-state index contributed by atoms with van der Waals surface area (Å²) in [4.78, 5) is 4.97. The van der Waals surface area contributed by atoms with Gasteiger partial charge in [0.05, 0.1) is 6.26 Å². The standard InChI is InChI=1S/C15H27N3O/c1-14(13-15-5-3-12-19-15)16-6-4-7-18-10-8-17(2)9-11-18/h3,5,12,14,16H,4,6-11,13H2,1-2H3. The van der Waals surface area contributed by atoms with Crippen LogP contribution in [-0.4, -0.2) is 62.2 Å². The molecule has 2 heterocycles. The minimum absolute atomic E-state index is 0.485. The molecule has 4 heteroatoms. The zero-order valence-corrected chi connectivity index (χ0v) is 12.3. The molecule has 0 bridgehead atoms. The van der Waals surface area contributed by atoms with Gasteiger partial charge in [0.25, 0.3) is 0 Å². The molecule has 1 aromatic heterocycles. The highest BCUT2D eigenvalue weighted by Gasteiger charge is 2.12. The molecule has 4 nitrogen and oxygen atoms in total. The average molecular weight is 265 g/mol. The zero-order valence-electron chi connectivity index (χ0n) is 12.3. The summed E-state index contributed by atoms with van der Waals surface area (Å²) in [6.07, 6.45) is 3.95. The average Bonchev–Trinajstić information content (AvgIpc) is 2.89. The predicted molar refractivity (Wildman–Crippen MR) is 78.4 cm³/mol. The smallest absolute Gasteiger partial charge is 0.105 e. The lowest BCUT2D eigenvalue weighted by atomic mass is 10.2. The van der Waals surface area contributed by atoms with E-state index in [0.717, 1.165) is 18.7 Å². The van der Waals surface area contributed by atoms with Crippen LogP contribution in [0.15, 0.2) is 22.8 Å². The molecule has 1 aliphatic rings. The first-order chi connectivity index (χ1) is 9.24. The third-order valence-electron chi connectivity index (χ3n) is 3.83. The third-order valence-corrected chi connectivity index (χ3v) is 3.83. The van der Waals surface area contributed by atoms with Crippen LogP contribution in [0.2, 0.25) is 0 Å². The van der Waals surface area contributed by atoms with Gasteiger partial charge in [0.2, 0.25) is 0 Å². The monoisotopic (exact) mass is 265 g/mol. The van der Waals surface area contributed by atoms with Gasteiger partial charge >= 0.3 is 0 Å². The van der Waals surface area contributed by atoms with Gasteiger partial charge in [-0.15, -0.1) is 0 Å². The highest BCUT2D eigenvalue weighted by Crippen LogP contribution is 2.04. The maximum atomic E-state index is 5.36. The molecule has 1 N–H and O–H groups in total. The van der Waals surface area contributed by atoms with Crippen molar-refractivity contribution in [1.29, 1.82) is 0 Å². The van der Waals surface area contributed by atoms with Crippen LogP contribution < -0.4 is 5.32 Å². The normalized spacial score (nSPS) is 19.7. The maximum Gasteiger partial charge on any atom is 0.105 e. The van der Waals surface area contributed by atoms with Crippen molar-refractivity contribution in [3.63, 3.8) is 0 Å². The number of furan rings is 1. The molecule has 108 valence electrons. The Labute approximate surface area is 116 Å². The lowest BCUT2D eigenvalue weighted by Gasteiger charge is -2.32. The van der Waals surface area contributed by atoms with Crippen molar-refractivity contribution < 1.29 is 4.42 Å². The molecule has 1 unspecified atom stereocenters. The Bertz CT molecular complexity index is 331. The van der Waals surface area contributed by atoms with E-state index < -0.39 is 0 Å². The van der Waals surface area contributed by atoms with Crippen molar-refractivity contribution in [2.24, 2.45) is 0 Å². The molecule has 19 heavy (non-hydrogen) atoms. The van der Waals surface area contributed by atoms with Crippen LogP contribution in [0, 0.1) is 0 Å². The molecule has 0 spiro atoms. The van der Waals surface area contributed by atoms with E-state index in [2.05, 4.69) is 29.1 Å².